The molecule has 0 aromatic heterocycles. The van der Waals surface area contributed by atoms with E-state index in [1.807, 2.05) is 30.3 Å². The Morgan fingerprint density at radius 1 is 1.23 bits per heavy atom. The van der Waals surface area contributed by atoms with E-state index >= 15 is 0 Å². The fraction of sp³-hybridized carbons (Fsp3) is 0.529. The fourth-order valence-corrected chi connectivity index (χ4v) is 3.40. The first-order valence-corrected chi connectivity index (χ1v) is 10.1. The van der Waals surface area contributed by atoms with Crippen LogP contribution in [0.25, 0.3) is 0 Å². The van der Waals surface area contributed by atoms with Gasteiger partial charge in [-0.1, -0.05) is 30.3 Å². The van der Waals surface area contributed by atoms with E-state index in [2.05, 4.69) is 5.32 Å². The highest BCUT2D eigenvalue weighted by molar-refractivity contribution is 7.89. The number of amides is 1. The second kappa shape index (κ2) is 10.9. The molecule has 0 unspecified atom stereocenters. The molecule has 0 fully saturated rings. The lowest BCUT2D eigenvalue weighted by Gasteiger charge is -2.22. The lowest BCUT2D eigenvalue weighted by molar-refractivity contribution is -0.142. The Morgan fingerprint density at radius 2 is 1.88 bits per heavy atom. The number of carbonyl (C=O) groups is 2. The highest BCUT2D eigenvalue weighted by atomic mass is 32.2. The average Bonchev–Trinajstić information content (AvgIpc) is 2.62. The van der Waals surface area contributed by atoms with Gasteiger partial charge in [-0.2, -0.15) is 4.31 Å². The first kappa shape index (κ1) is 22.1. The number of aliphatic hydroxyl groups is 1. The summed E-state index contributed by atoms with van der Waals surface area (Å²) in [6, 6.07) is 8.13. The first-order chi connectivity index (χ1) is 12.3. The van der Waals surface area contributed by atoms with Gasteiger partial charge in [-0.05, 0) is 31.7 Å². The molecule has 146 valence electrons. The molecule has 3 N–H and O–H groups in total. The topological polar surface area (TPSA) is 124 Å². The van der Waals surface area contributed by atoms with E-state index in [0.29, 0.717) is 6.42 Å². The number of carbonyl (C=O) groups excluding carboxylic acids is 1. The van der Waals surface area contributed by atoms with Gasteiger partial charge < -0.3 is 15.5 Å². The number of carboxylic acids is 1. The zero-order valence-electron chi connectivity index (χ0n) is 14.8. The minimum absolute atomic E-state index is 0.0715. The van der Waals surface area contributed by atoms with Crippen molar-refractivity contribution in [3.05, 3.63) is 35.9 Å². The molecule has 26 heavy (non-hydrogen) atoms. The number of hydrogen-bond donors (Lipinski definition) is 3. The van der Waals surface area contributed by atoms with Gasteiger partial charge in [0, 0.05) is 13.2 Å². The SMILES string of the molecule is CCS(=O)(=O)N(CCc1ccccc1)CC(=O)N[C@@H](CCCO)C(=O)O. The number of nitrogens with zero attached hydrogens (tertiary/aromatic N) is 1. The van der Waals surface area contributed by atoms with E-state index in [1.54, 1.807) is 0 Å². The van der Waals surface area contributed by atoms with Crippen LogP contribution in [0, 0.1) is 0 Å². The third-order valence-corrected chi connectivity index (χ3v) is 5.68. The van der Waals surface area contributed by atoms with Crippen molar-refractivity contribution in [2.24, 2.45) is 0 Å². The maximum absolute atomic E-state index is 12.2. The lowest BCUT2D eigenvalue weighted by Crippen LogP contribution is -2.47. The van der Waals surface area contributed by atoms with E-state index in [9.17, 15) is 18.0 Å². The number of aliphatic carboxylic acids is 1. The molecular weight excluding hydrogens is 360 g/mol. The third-order valence-electron chi connectivity index (χ3n) is 3.86. The molecule has 0 saturated heterocycles. The van der Waals surface area contributed by atoms with Gasteiger partial charge in [-0.25, -0.2) is 13.2 Å². The fourth-order valence-electron chi connectivity index (χ4n) is 2.35. The van der Waals surface area contributed by atoms with Gasteiger partial charge in [0.15, 0.2) is 0 Å². The quantitative estimate of drug-likeness (QED) is 0.472. The van der Waals surface area contributed by atoms with Gasteiger partial charge in [0.2, 0.25) is 15.9 Å². The predicted molar refractivity (Wildman–Crippen MR) is 97.1 cm³/mol. The molecule has 0 bridgehead atoms. The molecule has 0 spiro atoms. The molecule has 1 rings (SSSR count). The Labute approximate surface area is 153 Å². The van der Waals surface area contributed by atoms with Crippen LogP contribution in [0.3, 0.4) is 0 Å². The molecule has 0 aliphatic carbocycles. The number of hydrogen-bond acceptors (Lipinski definition) is 5. The van der Waals surface area contributed by atoms with Gasteiger partial charge in [-0.15, -0.1) is 0 Å². The van der Waals surface area contributed by atoms with Crippen LogP contribution < -0.4 is 5.32 Å². The summed E-state index contributed by atoms with van der Waals surface area (Å²) in [6.07, 6.45) is 0.741. The monoisotopic (exact) mass is 386 g/mol. The molecule has 1 aromatic rings. The summed E-state index contributed by atoms with van der Waals surface area (Å²) in [6.45, 7) is 0.991. The minimum Gasteiger partial charge on any atom is -0.480 e. The number of sulfonamides is 1. The van der Waals surface area contributed by atoms with Crippen molar-refractivity contribution in [3.8, 4) is 0 Å². The van der Waals surface area contributed by atoms with Crippen molar-refractivity contribution >= 4 is 21.9 Å². The molecular formula is C17H26N2O6S. The molecule has 8 nitrogen and oxygen atoms in total. The average molecular weight is 386 g/mol. The Bertz CT molecular complexity index is 678. The van der Waals surface area contributed by atoms with Crippen LogP contribution in [0.5, 0.6) is 0 Å². The van der Waals surface area contributed by atoms with Gasteiger partial charge in [0.1, 0.15) is 6.04 Å². The molecule has 0 heterocycles. The van der Waals surface area contributed by atoms with Gasteiger partial charge in [0.05, 0.1) is 12.3 Å². The second-order valence-electron chi connectivity index (χ2n) is 5.79. The normalized spacial score (nSPS) is 12.7. The zero-order valence-corrected chi connectivity index (χ0v) is 15.6. The highest BCUT2D eigenvalue weighted by Crippen LogP contribution is 2.07. The van der Waals surface area contributed by atoms with E-state index in [4.69, 9.17) is 10.2 Å². The van der Waals surface area contributed by atoms with Gasteiger partial charge in [-0.3, -0.25) is 4.79 Å². The predicted octanol–water partition coefficient (Wildman–Crippen LogP) is 0.223. The number of carboxylic acid groups (broad SMARTS) is 1. The van der Waals surface area contributed by atoms with Crippen molar-refractivity contribution in [3.63, 3.8) is 0 Å². The van der Waals surface area contributed by atoms with Crippen molar-refractivity contribution in [2.45, 2.75) is 32.2 Å². The van der Waals surface area contributed by atoms with Crippen LogP contribution in [0.15, 0.2) is 30.3 Å². The molecule has 0 saturated carbocycles. The molecule has 9 heteroatoms. The smallest absolute Gasteiger partial charge is 0.326 e. The third kappa shape index (κ3) is 7.51. The van der Waals surface area contributed by atoms with E-state index in [0.717, 1.165) is 9.87 Å². The summed E-state index contributed by atoms with van der Waals surface area (Å²) in [7, 11) is -3.61. The summed E-state index contributed by atoms with van der Waals surface area (Å²) in [4.78, 5) is 23.3. The first-order valence-electron chi connectivity index (χ1n) is 8.45. The van der Waals surface area contributed by atoms with Crippen molar-refractivity contribution < 1.29 is 28.2 Å². The largest absolute Gasteiger partial charge is 0.480 e. The van der Waals surface area contributed by atoms with Crippen LogP contribution in [0.2, 0.25) is 0 Å². The van der Waals surface area contributed by atoms with Gasteiger partial charge in [0.25, 0.3) is 0 Å². The molecule has 1 amide bonds. The molecule has 1 aromatic carbocycles. The highest BCUT2D eigenvalue weighted by Gasteiger charge is 2.25. The van der Waals surface area contributed by atoms with Crippen molar-refractivity contribution in [1.82, 2.24) is 9.62 Å². The Morgan fingerprint density at radius 3 is 2.42 bits per heavy atom. The zero-order chi connectivity index (χ0) is 19.6. The number of rotatable bonds is 12. The van der Waals surface area contributed by atoms with Crippen LogP contribution in [0.1, 0.15) is 25.3 Å². The summed E-state index contributed by atoms with van der Waals surface area (Å²) >= 11 is 0. The molecule has 0 aliphatic heterocycles. The second-order valence-corrected chi connectivity index (χ2v) is 8.05. The molecule has 1 atom stereocenters. The standard InChI is InChI=1S/C17H26N2O6S/c1-2-26(24,25)19(11-10-14-7-4-3-5-8-14)13-16(21)18-15(17(22)23)9-6-12-20/h3-5,7-8,15,20H,2,6,9-13H2,1H3,(H,18,21)(H,22,23)/t15-/m0/s1. The molecule has 0 aliphatic rings. The van der Waals surface area contributed by atoms with E-state index in [1.165, 1.54) is 6.92 Å². The number of benzene rings is 1. The Hall–Kier alpha value is -1.97. The van der Waals surface area contributed by atoms with Crippen molar-refractivity contribution in [1.29, 1.82) is 0 Å². The van der Waals surface area contributed by atoms with Crippen LogP contribution in [0.4, 0.5) is 0 Å². The number of aliphatic hydroxyl groups excluding tert-OH is 1. The minimum atomic E-state index is -3.61. The maximum Gasteiger partial charge on any atom is 0.326 e. The summed E-state index contributed by atoms with van der Waals surface area (Å²) < 4.78 is 25.6. The maximum atomic E-state index is 12.2. The van der Waals surface area contributed by atoms with Crippen LogP contribution in [-0.2, 0) is 26.0 Å². The Kier molecular flexibility index (Phi) is 9.25. The van der Waals surface area contributed by atoms with E-state index < -0.39 is 34.5 Å². The summed E-state index contributed by atoms with van der Waals surface area (Å²) in [5, 5.41) is 20.2. The lowest BCUT2D eigenvalue weighted by atomic mass is 10.1. The summed E-state index contributed by atoms with van der Waals surface area (Å²) in [5.74, 6) is -2.05. The molecule has 0 radical (unpaired) electrons. The number of nitrogens with one attached hydrogen (secondary N) is 1. The van der Waals surface area contributed by atoms with Crippen molar-refractivity contribution in [2.75, 3.05) is 25.4 Å². The Balaban J connectivity index is 2.75. The van der Waals surface area contributed by atoms with Gasteiger partial charge >= 0.3 is 5.97 Å². The van der Waals surface area contributed by atoms with Crippen LogP contribution >= 0.6 is 0 Å². The summed E-state index contributed by atoms with van der Waals surface area (Å²) in [5.41, 5.74) is 0.940. The van der Waals surface area contributed by atoms with Crippen LogP contribution in [-0.4, -0.2) is 66.3 Å². The van der Waals surface area contributed by atoms with E-state index in [-0.39, 0.29) is 31.7 Å².